The van der Waals surface area contributed by atoms with E-state index in [1.54, 1.807) is 47.5 Å². The lowest BCUT2D eigenvalue weighted by atomic mass is 10.2. The zero-order valence-electron chi connectivity index (χ0n) is 14.2. The summed E-state index contributed by atoms with van der Waals surface area (Å²) in [5.74, 6) is 0.589. The number of aromatic nitrogens is 1. The van der Waals surface area contributed by atoms with Crippen LogP contribution in [0.4, 0.5) is 5.69 Å². The highest BCUT2D eigenvalue weighted by Gasteiger charge is 2.28. The first kappa shape index (κ1) is 18.0. The third-order valence-corrected chi connectivity index (χ3v) is 4.24. The zero-order chi connectivity index (χ0) is 18.5. The molecule has 26 heavy (non-hydrogen) atoms. The summed E-state index contributed by atoms with van der Waals surface area (Å²) in [5, 5.41) is 0.595. The van der Waals surface area contributed by atoms with Gasteiger partial charge in [-0.1, -0.05) is 11.6 Å². The van der Waals surface area contributed by atoms with Gasteiger partial charge in [-0.2, -0.15) is 0 Å². The number of halogens is 1. The molecule has 1 aliphatic rings. The monoisotopic (exact) mass is 375 g/mol. The lowest BCUT2D eigenvalue weighted by Gasteiger charge is -2.34. The van der Waals surface area contributed by atoms with E-state index in [9.17, 15) is 9.59 Å². The van der Waals surface area contributed by atoms with Crippen LogP contribution in [0.5, 0.6) is 11.6 Å². The van der Waals surface area contributed by atoms with Crippen LogP contribution in [0.15, 0.2) is 42.6 Å². The van der Waals surface area contributed by atoms with Crippen molar-refractivity contribution in [3.8, 4) is 11.6 Å². The standard InChI is InChI=1S/C18H18ClN3O4/c1-25-16-10-14(6-7-20-16)22-9-8-21(11-17(22)23)18(24)12-26-15-4-2-13(19)3-5-15/h2-7,10H,8-9,11-12H2,1H3. The molecule has 7 nitrogen and oxygen atoms in total. The van der Waals surface area contributed by atoms with Gasteiger partial charge in [0.25, 0.3) is 5.91 Å². The van der Waals surface area contributed by atoms with E-state index < -0.39 is 0 Å². The van der Waals surface area contributed by atoms with Crippen LogP contribution in [0.1, 0.15) is 0 Å². The Morgan fingerprint density at radius 2 is 2.00 bits per heavy atom. The van der Waals surface area contributed by atoms with Crippen LogP contribution in [-0.2, 0) is 9.59 Å². The van der Waals surface area contributed by atoms with Crippen molar-refractivity contribution in [3.05, 3.63) is 47.6 Å². The van der Waals surface area contributed by atoms with E-state index in [-0.39, 0.29) is 25.0 Å². The van der Waals surface area contributed by atoms with Gasteiger partial charge in [0, 0.05) is 30.4 Å². The van der Waals surface area contributed by atoms with Crippen molar-refractivity contribution >= 4 is 29.1 Å². The van der Waals surface area contributed by atoms with Gasteiger partial charge in [-0.15, -0.1) is 0 Å². The summed E-state index contributed by atoms with van der Waals surface area (Å²) in [5.41, 5.74) is 0.700. The van der Waals surface area contributed by atoms with Crippen LogP contribution in [0.2, 0.25) is 5.02 Å². The molecule has 2 amide bonds. The molecule has 3 rings (SSSR count). The first-order chi connectivity index (χ1) is 12.6. The average molecular weight is 376 g/mol. The van der Waals surface area contributed by atoms with Gasteiger partial charge in [0.2, 0.25) is 11.8 Å². The molecule has 1 aliphatic heterocycles. The van der Waals surface area contributed by atoms with Crippen molar-refractivity contribution < 1.29 is 19.1 Å². The molecule has 2 heterocycles. The lowest BCUT2D eigenvalue weighted by molar-refractivity contribution is -0.138. The summed E-state index contributed by atoms with van der Waals surface area (Å²) in [6.45, 7) is 0.712. The van der Waals surface area contributed by atoms with E-state index in [2.05, 4.69) is 4.98 Å². The first-order valence-corrected chi connectivity index (χ1v) is 8.41. The molecule has 0 N–H and O–H groups in total. The second-order valence-corrected chi connectivity index (χ2v) is 6.10. The maximum absolute atomic E-state index is 12.4. The molecule has 136 valence electrons. The van der Waals surface area contributed by atoms with Gasteiger partial charge >= 0.3 is 0 Å². The fourth-order valence-electron chi connectivity index (χ4n) is 2.60. The van der Waals surface area contributed by atoms with Crippen LogP contribution >= 0.6 is 11.6 Å². The molecule has 1 aromatic heterocycles. The van der Waals surface area contributed by atoms with Crippen LogP contribution in [0, 0.1) is 0 Å². The number of hydrogen-bond acceptors (Lipinski definition) is 5. The summed E-state index contributed by atoms with van der Waals surface area (Å²) >= 11 is 5.81. The minimum absolute atomic E-state index is 0.00739. The van der Waals surface area contributed by atoms with Gasteiger partial charge in [0.05, 0.1) is 12.8 Å². The number of piperazine rings is 1. The predicted octanol–water partition coefficient (Wildman–Crippen LogP) is 2.00. The summed E-state index contributed by atoms with van der Waals surface area (Å²) in [6.07, 6.45) is 1.58. The van der Waals surface area contributed by atoms with E-state index in [1.807, 2.05) is 0 Å². The third kappa shape index (κ3) is 4.23. The SMILES string of the molecule is COc1cc(N2CCN(C(=O)COc3ccc(Cl)cc3)CC2=O)ccn1. The Morgan fingerprint density at radius 1 is 1.23 bits per heavy atom. The van der Waals surface area contributed by atoms with Gasteiger partial charge in [0.1, 0.15) is 12.3 Å². The van der Waals surface area contributed by atoms with Crippen LogP contribution in [0.3, 0.4) is 0 Å². The topological polar surface area (TPSA) is 72.0 Å². The van der Waals surface area contributed by atoms with E-state index in [0.29, 0.717) is 35.4 Å². The number of carbonyl (C=O) groups excluding carboxylic acids is 2. The Labute approximate surface area is 156 Å². The Hall–Kier alpha value is -2.80. The quantitative estimate of drug-likeness (QED) is 0.799. The zero-order valence-corrected chi connectivity index (χ0v) is 15.0. The predicted molar refractivity (Wildman–Crippen MR) is 96.7 cm³/mol. The molecule has 0 radical (unpaired) electrons. The highest BCUT2D eigenvalue weighted by molar-refractivity contribution is 6.30. The van der Waals surface area contributed by atoms with E-state index in [1.165, 1.54) is 12.0 Å². The minimum atomic E-state index is -0.236. The smallest absolute Gasteiger partial charge is 0.261 e. The van der Waals surface area contributed by atoms with Crippen LogP contribution in [0.25, 0.3) is 0 Å². The number of methoxy groups -OCH3 is 1. The van der Waals surface area contributed by atoms with Crippen molar-refractivity contribution in [3.63, 3.8) is 0 Å². The lowest BCUT2D eigenvalue weighted by Crippen LogP contribution is -2.53. The minimum Gasteiger partial charge on any atom is -0.484 e. The van der Waals surface area contributed by atoms with Crippen LogP contribution in [-0.4, -0.2) is 55.0 Å². The molecule has 2 aromatic rings. The third-order valence-electron chi connectivity index (χ3n) is 3.99. The molecule has 1 saturated heterocycles. The van der Waals surface area contributed by atoms with Gasteiger partial charge in [-0.05, 0) is 30.3 Å². The molecule has 0 spiro atoms. The number of pyridine rings is 1. The number of rotatable bonds is 5. The molecule has 1 aromatic carbocycles. The summed E-state index contributed by atoms with van der Waals surface area (Å²) in [4.78, 5) is 31.9. The Morgan fingerprint density at radius 3 is 2.69 bits per heavy atom. The molecule has 0 bridgehead atoms. The summed E-state index contributed by atoms with van der Waals surface area (Å²) in [7, 11) is 1.52. The number of carbonyl (C=O) groups is 2. The fourth-order valence-corrected chi connectivity index (χ4v) is 2.73. The fraction of sp³-hybridized carbons (Fsp3) is 0.278. The van der Waals surface area contributed by atoms with Crippen molar-refractivity contribution in [2.45, 2.75) is 0 Å². The first-order valence-electron chi connectivity index (χ1n) is 8.03. The highest BCUT2D eigenvalue weighted by Crippen LogP contribution is 2.21. The van der Waals surface area contributed by atoms with E-state index >= 15 is 0 Å². The highest BCUT2D eigenvalue weighted by atomic mass is 35.5. The molecule has 0 aliphatic carbocycles. The van der Waals surface area contributed by atoms with Crippen molar-refractivity contribution in [2.75, 3.05) is 38.3 Å². The number of anilines is 1. The van der Waals surface area contributed by atoms with E-state index in [4.69, 9.17) is 21.1 Å². The van der Waals surface area contributed by atoms with Gasteiger partial charge < -0.3 is 19.3 Å². The van der Waals surface area contributed by atoms with Crippen LogP contribution < -0.4 is 14.4 Å². The second kappa shape index (κ2) is 8.05. The van der Waals surface area contributed by atoms with Crippen molar-refractivity contribution in [1.82, 2.24) is 9.88 Å². The van der Waals surface area contributed by atoms with E-state index in [0.717, 1.165) is 0 Å². The molecule has 0 saturated carbocycles. The van der Waals surface area contributed by atoms with Crippen molar-refractivity contribution in [1.29, 1.82) is 0 Å². The molecule has 0 unspecified atom stereocenters. The number of ether oxygens (including phenoxy) is 2. The number of amides is 2. The Kier molecular flexibility index (Phi) is 5.58. The molecule has 0 atom stereocenters. The largest absolute Gasteiger partial charge is 0.484 e. The van der Waals surface area contributed by atoms with Gasteiger partial charge in [-0.25, -0.2) is 4.98 Å². The van der Waals surface area contributed by atoms with Crippen molar-refractivity contribution in [2.24, 2.45) is 0 Å². The Bertz CT molecular complexity index is 797. The molecular weight excluding hydrogens is 358 g/mol. The second-order valence-electron chi connectivity index (χ2n) is 5.66. The van der Waals surface area contributed by atoms with Gasteiger partial charge in [0.15, 0.2) is 6.61 Å². The normalized spacial score (nSPS) is 14.3. The number of benzene rings is 1. The molecular formula is C18H18ClN3O4. The number of hydrogen-bond donors (Lipinski definition) is 0. The summed E-state index contributed by atoms with van der Waals surface area (Å²) in [6, 6.07) is 10.2. The number of nitrogens with zero attached hydrogens (tertiary/aromatic N) is 3. The average Bonchev–Trinajstić information content (AvgIpc) is 2.67. The summed E-state index contributed by atoms with van der Waals surface area (Å²) < 4.78 is 10.5. The molecule has 1 fully saturated rings. The Balaban J connectivity index is 1.56. The molecule has 8 heteroatoms. The maximum atomic E-state index is 12.4. The maximum Gasteiger partial charge on any atom is 0.261 e. The van der Waals surface area contributed by atoms with Gasteiger partial charge in [-0.3, -0.25) is 9.59 Å².